The molecule has 1 aliphatic rings. The minimum absolute atomic E-state index is 0.0528. The highest BCUT2D eigenvalue weighted by atomic mass is 16.5. The predicted octanol–water partition coefficient (Wildman–Crippen LogP) is 4.89. The summed E-state index contributed by atoms with van der Waals surface area (Å²) in [7, 11) is 0. The number of rotatable bonds is 7. The van der Waals surface area contributed by atoms with Gasteiger partial charge < -0.3 is 20.3 Å². The fourth-order valence-corrected chi connectivity index (χ4v) is 3.28. The Morgan fingerprint density at radius 2 is 1.45 bits per heavy atom. The number of nitrogens with one attached hydrogen (secondary N) is 2. The molecule has 2 N–H and O–H groups in total. The first-order chi connectivity index (χ1) is 14.2. The van der Waals surface area contributed by atoms with E-state index in [2.05, 4.69) is 10.6 Å². The quantitative estimate of drug-likeness (QED) is 0.656. The van der Waals surface area contributed by atoms with Crippen molar-refractivity contribution in [1.29, 1.82) is 0 Å². The van der Waals surface area contributed by atoms with Crippen molar-refractivity contribution in [1.82, 2.24) is 4.90 Å². The Morgan fingerprint density at radius 1 is 0.828 bits per heavy atom. The molecule has 1 saturated heterocycles. The standard InChI is InChI=1S/C23H29N3O3/c27-22(11-8-18-29-21-9-4-3-5-10-21)24-19-12-14-20(15-13-19)25-23(28)26-16-6-1-2-7-17-26/h3-5,9-10,12-15H,1-2,6-8,11,16-18H2,(H,24,27)(H,25,28). The van der Waals surface area contributed by atoms with Gasteiger partial charge in [-0.25, -0.2) is 4.79 Å². The normalized spacial score (nSPS) is 14.0. The van der Waals surface area contributed by atoms with Crippen LogP contribution in [-0.2, 0) is 4.79 Å². The van der Waals surface area contributed by atoms with Crippen LogP contribution < -0.4 is 15.4 Å². The summed E-state index contributed by atoms with van der Waals surface area (Å²) in [6, 6.07) is 16.7. The van der Waals surface area contributed by atoms with Crippen LogP contribution in [0.25, 0.3) is 0 Å². The number of ether oxygens (including phenoxy) is 1. The summed E-state index contributed by atoms with van der Waals surface area (Å²) in [5, 5.41) is 5.81. The minimum Gasteiger partial charge on any atom is -0.494 e. The van der Waals surface area contributed by atoms with Crippen LogP contribution in [0.5, 0.6) is 5.75 Å². The lowest BCUT2D eigenvalue weighted by atomic mass is 10.2. The number of benzene rings is 2. The van der Waals surface area contributed by atoms with Crippen molar-refractivity contribution in [3.05, 3.63) is 54.6 Å². The summed E-state index contributed by atoms with van der Waals surface area (Å²) in [5.41, 5.74) is 1.44. The molecule has 0 bridgehead atoms. The van der Waals surface area contributed by atoms with E-state index in [-0.39, 0.29) is 11.9 Å². The molecule has 0 atom stereocenters. The van der Waals surface area contributed by atoms with Gasteiger partial charge in [-0.1, -0.05) is 31.0 Å². The largest absolute Gasteiger partial charge is 0.494 e. The zero-order chi connectivity index (χ0) is 20.3. The highest BCUT2D eigenvalue weighted by Gasteiger charge is 2.15. The van der Waals surface area contributed by atoms with Gasteiger partial charge in [0.2, 0.25) is 5.91 Å². The van der Waals surface area contributed by atoms with Crippen LogP contribution in [0.3, 0.4) is 0 Å². The van der Waals surface area contributed by atoms with E-state index in [0.717, 1.165) is 37.4 Å². The number of nitrogens with zero attached hydrogens (tertiary/aromatic N) is 1. The molecule has 6 heteroatoms. The van der Waals surface area contributed by atoms with Crippen molar-refractivity contribution in [3.8, 4) is 5.75 Å². The zero-order valence-electron chi connectivity index (χ0n) is 16.7. The number of amides is 3. The summed E-state index contributed by atoms with van der Waals surface area (Å²) in [6.07, 6.45) is 5.54. The van der Waals surface area contributed by atoms with E-state index in [4.69, 9.17) is 4.74 Å². The molecule has 29 heavy (non-hydrogen) atoms. The Balaban J connectivity index is 1.38. The van der Waals surface area contributed by atoms with E-state index in [1.54, 1.807) is 12.1 Å². The molecule has 0 radical (unpaired) electrons. The summed E-state index contributed by atoms with van der Waals surface area (Å²) in [5.74, 6) is 0.758. The van der Waals surface area contributed by atoms with Crippen LogP contribution >= 0.6 is 0 Å². The van der Waals surface area contributed by atoms with Gasteiger partial charge in [-0.3, -0.25) is 4.79 Å². The van der Waals surface area contributed by atoms with Crippen LogP contribution in [-0.4, -0.2) is 36.5 Å². The van der Waals surface area contributed by atoms with Crippen molar-refractivity contribution in [2.24, 2.45) is 0 Å². The Labute approximate surface area is 172 Å². The molecule has 1 heterocycles. The lowest BCUT2D eigenvalue weighted by molar-refractivity contribution is -0.116. The molecule has 2 aromatic carbocycles. The van der Waals surface area contributed by atoms with E-state index in [9.17, 15) is 9.59 Å². The molecule has 0 unspecified atom stereocenters. The molecule has 154 valence electrons. The van der Waals surface area contributed by atoms with Crippen LogP contribution in [0.15, 0.2) is 54.6 Å². The van der Waals surface area contributed by atoms with E-state index < -0.39 is 0 Å². The average molecular weight is 396 g/mol. The van der Waals surface area contributed by atoms with Gasteiger partial charge in [0.05, 0.1) is 6.61 Å². The highest BCUT2D eigenvalue weighted by Crippen LogP contribution is 2.16. The molecule has 3 amide bonds. The van der Waals surface area contributed by atoms with Gasteiger partial charge in [-0.05, 0) is 55.7 Å². The maximum atomic E-state index is 12.4. The van der Waals surface area contributed by atoms with Crippen LogP contribution in [0.4, 0.5) is 16.2 Å². The fraction of sp³-hybridized carbons (Fsp3) is 0.391. The van der Waals surface area contributed by atoms with Crippen LogP contribution in [0.2, 0.25) is 0 Å². The molecule has 0 spiro atoms. The number of anilines is 2. The molecule has 1 fully saturated rings. The number of carbonyl (C=O) groups is 2. The molecule has 3 rings (SSSR count). The average Bonchev–Trinajstić information content (AvgIpc) is 3.03. The van der Waals surface area contributed by atoms with Crippen molar-refractivity contribution in [2.45, 2.75) is 38.5 Å². The Kier molecular flexibility index (Phi) is 7.92. The van der Waals surface area contributed by atoms with Gasteiger partial charge in [-0.2, -0.15) is 0 Å². The van der Waals surface area contributed by atoms with Crippen LogP contribution in [0.1, 0.15) is 38.5 Å². The monoisotopic (exact) mass is 395 g/mol. The minimum atomic E-state index is -0.0536. The third kappa shape index (κ3) is 7.14. The number of hydrogen-bond donors (Lipinski definition) is 2. The fourth-order valence-electron chi connectivity index (χ4n) is 3.28. The molecule has 0 aromatic heterocycles. The third-order valence-electron chi connectivity index (χ3n) is 4.87. The smallest absolute Gasteiger partial charge is 0.321 e. The molecule has 0 saturated carbocycles. The van der Waals surface area contributed by atoms with E-state index in [0.29, 0.717) is 25.1 Å². The highest BCUT2D eigenvalue weighted by molar-refractivity contribution is 5.92. The number of hydrogen-bond acceptors (Lipinski definition) is 3. The lowest BCUT2D eigenvalue weighted by Gasteiger charge is -2.20. The SMILES string of the molecule is O=C(CCCOc1ccccc1)Nc1ccc(NC(=O)N2CCCCCC2)cc1. The molecule has 1 aliphatic heterocycles. The molecule has 6 nitrogen and oxygen atoms in total. The zero-order valence-corrected chi connectivity index (χ0v) is 16.7. The Hall–Kier alpha value is -3.02. The summed E-state index contributed by atoms with van der Waals surface area (Å²) in [4.78, 5) is 26.3. The van der Waals surface area contributed by atoms with Gasteiger partial charge >= 0.3 is 6.03 Å². The van der Waals surface area contributed by atoms with Gasteiger partial charge in [-0.15, -0.1) is 0 Å². The second-order valence-electron chi connectivity index (χ2n) is 7.22. The molecular weight excluding hydrogens is 366 g/mol. The topological polar surface area (TPSA) is 70.7 Å². The first kappa shape index (κ1) is 20.7. The van der Waals surface area contributed by atoms with Crippen molar-refractivity contribution < 1.29 is 14.3 Å². The Bertz CT molecular complexity index is 770. The first-order valence-electron chi connectivity index (χ1n) is 10.3. The maximum absolute atomic E-state index is 12.4. The third-order valence-corrected chi connectivity index (χ3v) is 4.87. The molecule has 2 aromatic rings. The number of likely N-dealkylation sites (tertiary alicyclic amines) is 1. The molecule has 0 aliphatic carbocycles. The van der Waals surface area contributed by atoms with Crippen molar-refractivity contribution >= 4 is 23.3 Å². The van der Waals surface area contributed by atoms with Crippen molar-refractivity contribution in [3.63, 3.8) is 0 Å². The van der Waals surface area contributed by atoms with Gasteiger partial charge in [0.1, 0.15) is 5.75 Å². The predicted molar refractivity (Wildman–Crippen MR) is 115 cm³/mol. The summed E-state index contributed by atoms with van der Waals surface area (Å²) >= 11 is 0. The molecular formula is C23H29N3O3. The van der Waals surface area contributed by atoms with Crippen LogP contribution in [0, 0.1) is 0 Å². The Morgan fingerprint density at radius 3 is 2.10 bits per heavy atom. The van der Waals surface area contributed by atoms with E-state index in [1.165, 1.54) is 12.8 Å². The first-order valence-corrected chi connectivity index (χ1v) is 10.3. The van der Waals surface area contributed by atoms with Gasteiger partial charge in [0, 0.05) is 30.9 Å². The van der Waals surface area contributed by atoms with E-state index >= 15 is 0 Å². The lowest BCUT2D eigenvalue weighted by Crippen LogP contribution is -2.35. The number of urea groups is 1. The van der Waals surface area contributed by atoms with Gasteiger partial charge in [0.25, 0.3) is 0 Å². The summed E-state index contributed by atoms with van der Waals surface area (Å²) < 4.78 is 5.59. The maximum Gasteiger partial charge on any atom is 0.321 e. The van der Waals surface area contributed by atoms with Gasteiger partial charge in [0.15, 0.2) is 0 Å². The second-order valence-corrected chi connectivity index (χ2v) is 7.22. The van der Waals surface area contributed by atoms with E-state index in [1.807, 2.05) is 47.4 Å². The summed E-state index contributed by atoms with van der Waals surface area (Å²) in [6.45, 7) is 2.13. The van der Waals surface area contributed by atoms with Crippen molar-refractivity contribution in [2.75, 3.05) is 30.3 Å². The number of para-hydroxylation sites is 1. The number of carbonyl (C=O) groups excluding carboxylic acids is 2. The second kappa shape index (κ2) is 11.1.